The Balaban J connectivity index is 2.33. The molecule has 0 aliphatic carbocycles. The van der Waals surface area contributed by atoms with Gasteiger partial charge in [0.2, 0.25) is 5.91 Å². The summed E-state index contributed by atoms with van der Waals surface area (Å²) in [6, 6.07) is 6.20. The lowest BCUT2D eigenvalue weighted by Crippen LogP contribution is -2.42. The molecule has 18 heavy (non-hydrogen) atoms. The molecule has 1 amide bonds. The SMILES string of the molecule is CSCCCNC(=O)[C@H](N)Cc1ccc(O)cc1. The van der Waals surface area contributed by atoms with Crippen molar-refractivity contribution in [1.82, 2.24) is 5.32 Å². The van der Waals surface area contributed by atoms with Gasteiger partial charge in [0.15, 0.2) is 0 Å². The molecule has 0 fully saturated rings. The molecule has 0 aliphatic rings. The predicted octanol–water partition coefficient (Wildman–Crippen LogP) is 1.13. The number of rotatable bonds is 7. The van der Waals surface area contributed by atoms with E-state index in [2.05, 4.69) is 5.32 Å². The highest BCUT2D eigenvalue weighted by atomic mass is 32.2. The standard InChI is InChI=1S/C13H20N2O2S/c1-18-8-2-7-15-13(17)12(14)9-10-3-5-11(16)6-4-10/h3-6,12,16H,2,7-9,14H2,1H3,(H,15,17)/t12-/m1/s1. The number of phenols is 1. The third kappa shape index (κ3) is 5.42. The van der Waals surface area contributed by atoms with Crippen LogP contribution in [0.4, 0.5) is 0 Å². The Morgan fingerprint density at radius 1 is 1.44 bits per heavy atom. The van der Waals surface area contributed by atoms with Gasteiger partial charge in [0, 0.05) is 6.54 Å². The van der Waals surface area contributed by atoms with Crippen LogP contribution in [0.15, 0.2) is 24.3 Å². The number of hydrogen-bond acceptors (Lipinski definition) is 4. The van der Waals surface area contributed by atoms with Crippen LogP contribution in [0.25, 0.3) is 0 Å². The molecule has 4 nitrogen and oxygen atoms in total. The van der Waals surface area contributed by atoms with Crippen LogP contribution in [-0.4, -0.2) is 35.6 Å². The third-order valence-electron chi connectivity index (χ3n) is 2.55. The minimum atomic E-state index is -0.538. The summed E-state index contributed by atoms with van der Waals surface area (Å²) >= 11 is 1.76. The summed E-state index contributed by atoms with van der Waals surface area (Å²) in [5, 5.41) is 12.0. The van der Waals surface area contributed by atoms with Crippen LogP contribution in [0.5, 0.6) is 5.75 Å². The van der Waals surface area contributed by atoms with E-state index < -0.39 is 6.04 Å². The Bertz CT molecular complexity index is 368. The highest BCUT2D eigenvalue weighted by Gasteiger charge is 2.13. The molecule has 1 aromatic rings. The molecule has 5 heteroatoms. The van der Waals surface area contributed by atoms with Gasteiger partial charge in [0.25, 0.3) is 0 Å². The van der Waals surface area contributed by atoms with Gasteiger partial charge in [-0.05, 0) is 42.5 Å². The van der Waals surface area contributed by atoms with Crippen LogP contribution in [-0.2, 0) is 11.2 Å². The summed E-state index contributed by atoms with van der Waals surface area (Å²) in [4.78, 5) is 11.7. The molecule has 1 rings (SSSR count). The molecule has 1 aromatic carbocycles. The summed E-state index contributed by atoms with van der Waals surface area (Å²) in [6.07, 6.45) is 3.48. The highest BCUT2D eigenvalue weighted by Crippen LogP contribution is 2.10. The Kier molecular flexibility index (Phi) is 6.60. The van der Waals surface area contributed by atoms with Gasteiger partial charge in [-0.15, -0.1) is 0 Å². The number of thioether (sulfide) groups is 1. The number of benzene rings is 1. The Hall–Kier alpha value is -1.20. The predicted molar refractivity (Wildman–Crippen MR) is 75.8 cm³/mol. The molecule has 0 heterocycles. The van der Waals surface area contributed by atoms with Gasteiger partial charge in [0.1, 0.15) is 5.75 Å². The number of phenolic OH excluding ortho intramolecular Hbond substituents is 1. The molecule has 0 spiro atoms. The zero-order valence-electron chi connectivity index (χ0n) is 10.6. The van der Waals surface area contributed by atoms with E-state index in [1.165, 1.54) is 0 Å². The van der Waals surface area contributed by atoms with Crippen molar-refractivity contribution < 1.29 is 9.90 Å². The zero-order chi connectivity index (χ0) is 13.4. The molecular weight excluding hydrogens is 248 g/mol. The van der Waals surface area contributed by atoms with Crippen LogP contribution < -0.4 is 11.1 Å². The van der Waals surface area contributed by atoms with E-state index in [-0.39, 0.29) is 11.7 Å². The molecule has 1 atom stereocenters. The van der Waals surface area contributed by atoms with Gasteiger partial charge in [-0.2, -0.15) is 11.8 Å². The van der Waals surface area contributed by atoms with Gasteiger partial charge < -0.3 is 16.2 Å². The van der Waals surface area contributed by atoms with Crippen molar-refractivity contribution in [2.75, 3.05) is 18.6 Å². The lowest BCUT2D eigenvalue weighted by molar-refractivity contribution is -0.122. The van der Waals surface area contributed by atoms with Crippen molar-refractivity contribution in [2.45, 2.75) is 18.9 Å². The average Bonchev–Trinajstić information content (AvgIpc) is 2.37. The monoisotopic (exact) mass is 268 g/mol. The number of carbonyl (C=O) groups excluding carboxylic acids is 1. The van der Waals surface area contributed by atoms with E-state index in [9.17, 15) is 4.79 Å². The van der Waals surface area contributed by atoms with Crippen LogP contribution >= 0.6 is 11.8 Å². The zero-order valence-corrected chi connectivity index (χ0v) is 11.4. The maximum Gasteiger partial charge on any atom is 0.237 e. The van der Waals surface area contributed by atoms with E-state index in [1.807, 2.05) is 6.26 Å². The first kappa shape index (κ1) is 14.9. The summed E-state index contributed by atoms with van der Waals surface area (Å²) in [5.41, 5.74) is 6.77. The largest absolute Gasteiger partial charge is 0.508 e. The van der Waals surface area contributed by atoms with E-state index in [1.54, 1.807) is 36.0 Å². The van der Waals surface area contributed by atoms with Crippen LogP contribution in [0.1, 0.15) is 12.0 Å². The van der Waals surface area contributed by atoms with Crippen molar-refractivity contribution in [2.24, 2.45) is 5.73 Å². The molecule has 0 saturated heterocycles. The average molecular weight is 268 g/mol. The van der Waals surface area contributed by atoms with Gasteiger partial charge >= 0.3 is 0 Å². The quantitative estimate of drug-likeness (QED) is 0.648. The van der Waals surface area contributed by atoms with E-state index in [4.69, 9.17) is 10.8 Å². The normalized spacial score (nSPS) is 12.1. The van der Waals surface area contributed by atoms with Gasteiger partial charge in [0.05, 0.1) is 6.04 Å². The van der Waals surface area contributed by atoms with E-state index >= 15 is 0 Å². The fourth-order valence-electron chi connectivity index (χ4n) is 1.54. The molecule has 0 saturated carbocycles. The van der Waals surface area contributed by atoms with Crippen molar-refractivity contribution in [1.29, 1.82) is 0 Å². The molecule has 0 unspecified atom stereocenters. The summed E-state index contributed by atoms with van der Waals surface area (Å²) in [5.74, 6) is 1.13. The minimum absolute atomic E-state index is 0.121. The van der Waals surface area contributed by atoms with Crippen LogP contribution in [0.3, 0.4) is 0 Å². The van der Waals surface area contributed by atoms with Crippen molar-refractivity contribution in [3.05, 3.63) is 29.8 Å². The molecule has 4 N–H and O–H groups in total. The molecule has 0 aromatic heterocycles. The minimum Gasteiger partial charge on any atom is -0.508 e. The van der Waals surface area contributed by atoms with Gasteiger partial charge in [-0.25, -0.2) is 0 Å². The first-order chi connectivity index (χ1) is 8.63. The van der Waals surface area contributed by atoms with Crippen molar-refractivity contribution in [3.63, 3.8) is 0 Å². The summed E-state index contributed by atoms with van der Waals surface area (Å²) in [7, 11) is 0. The first-order valence-electron chi connectivity index (χ1n) is 5.93. The molecule has 0 aliphatic heterocycles. The summed E-state index contributed by atoms with van der Waals surface area (Å²) < 4.78 is 0. The number of aromatic hydroxyl groups is 1. The van der Waals surface area contributed by atoms with Gasteiger partial charge in [-0.3, -0.25) is 4.79 Å². The van der Waals surface area contributed by atoms with Crippen molar-refractivity contribution in [3.8, 4) is 5.75 Å². The molecule has 100 valence electrons. The van der Waals surface area contributed by atoms with Gasteiger partial charge in [-0.1, -0.05) is 12.1 Å². The van der Waals surface area contributed by atoms with E-state index in [0.29, 0.717) is 13.0 Å². The number of hydrogen-bond donors (Lipinski definition) is 3. The Labute approximate surface area is 112 Å². The number of amides is 1. The Morgan fingerprint density at radius 2 is 2.11 bits per heavy atom. The second kappa shape index (κ2) is 8.00. The fraction of sp³-hybridized carbons (Fsp3) is 0.462. The molecule has 0 radical (unpaired) electrons. The smallest absolute Gasteiger partial charge is 0.237 e. The van der Waals surface area contributed by atoms with Crippen LogP contribution in [0.2, 0.25) is 0 Å². The lowest BCUT2D eigenvalue weighted by Gasteiger charge is -2.12. The summed E-state index contributed by atoms with van der Waals surface area (Å²) in [6.45, 7) is 0.670. The number of nitrogens with two attached hydrogens (primary N) is 1. The molecule has 0 bridgehead atoms. The fourth-order valence-corrected chi connectivity index (χ4v) is 1.97. The topological polar surface area (TPSA) is 75.4 Å². The highest BCUT2D eigenvalue weighted by molar-refractivity contribution is 7.98. The number of carbonyl (C=O) groups is 1. The van der Waals surface area contributed by atoms with E-state index in [0.717, 1.165) is 17.7 Å². The second-order valence-corrected chi connectivity index (χ2v) is 5.10. The lowest BCUT2D eigenvalue weighted by atomic mass is 10.1. The second-order valence-electron chi connectivity index (χ2n) is 4.11. The first-order valence-corrected chi connectivity index (χ1v) is 7.33. The maximum atomic E-state index is 11.7. The molecular formula is C13H20N2O2S. The maximum absolute atomic E-state index is 11.7. The third-order valence-corrected chi connectivity index (χ3v) is 3.25. The Morgan fingerprint density at radius 3 is 2.72 bits per heavy atom. The van der Waals surface area contributed by atoms with Crippen LogP contribution in [0, 0.1) is 0 Å². The van der Waals surface area contributed by atoms with Crippen molar-refractivity contribution >= 4 is 17.7 Å². The number of nitrogens with one attached hydrogen (secondary N) is 1.